The fraction of sp³-hybridized carbons (Fsp3) is 0.377. The number of hydrogen-bond donors (Lipinski definition) is 0. The molecule has 1 atom stereocenters. The van der Waals surface area contributed by atoms with Gasteiger partial charge >= 0.3 is 330 Å². The Hall–Kier alpha value is -3.41. The molecule has 54 heavy (non-hydrogen) atoms. The van der Waals surface area contributed by atoms with Crippen LogP contribution in [0.1, 0.15) is 133 Å². The van der Waals surface area contributed by atoms with Crippen LogP contribution in [0.3, 0.4) is 0 Å². The zero-order valence-electron chi connectivity index (χ0n) is 35.3. The molecule has 0 amide bonds. The molecule has 4 aromatic carbocycles. The Labute approximate surface area is 327 Å². The van der Waals surface area contributed by atoms with Gasteiger partial charge in [0.1, 0.15) is 0 Å². The van der Waals surface area contributed by atoms with Gasteiger partial charge in [0.2, 0.25) is 0 Å². The number of unbranched alkanes of at least 4 members (excludes halogenated alkanes) is 1. The average molecular weight is 790 g/mol. The van der Waals surface area contributed by atoms with Gasteiger partial charge in [0.15, 0.2) is 0 Å². The predicted octanol–water partition coefficient (Wildman–Crippen LogP) is 13.0. The quantitative estimate of drug-likeness (QED) is 0.154. The molecule has 0 aromatic heterocycles. The summed E-state index contributed by atoms with van der Waals surface area (Å²) in [5, 5.41) is 0. The van der Waals surface area contributed by atoms with E-state index < -0.39 is 18.3 Å². The van der Waals surface area contributed by atoms with E-state index in [1.54, 1.807) is 6.56 Å². The number of benzene rings is 4. The molecule has 4 aromatic rings. The summed E-state index contributed by atoms with van der Waals surface area (Å²) in [6, 6.07) is 29.7. The van der Waals surface area contributed by atoms with Crippen LogP contribution >= 0.6 is 0 Å². The van der Waals surface area contributed by atoms with Gasteiger partial charge in [0.25, 0.3) is 0 Å². The summed E-state index contributed by atoms with van der Waals surface area (Å²) in [7, 11) is 0. The molecule has 0 saturated carbocycles. The molecular formula is C53H62Zr. The normalized spacial score (nSPS) is 19.6. The van der Waals surface area contributed by atoms with Crippen molar-refractivity contribution in [2.24, 2.45) is 11.3 Å². The molecule has 1 heteroatoms. The van der Waals surface area contributed by atoms with Crippen molar-refractivity contribution in [3.8, 4) is 11.1 Å². The number of fused-ring (bicyclic) bond motifs is 5. The van der Waals surface area contributed by atoms with Crippen LogP contribution in [0.2, 0.25) is 0 Å². The molecular weight excluding hydrogens is 728 g/mol. The molecule has 4 aliphatic rings. The monoisotopic (exact) mass is 788 g/mol. The van der Waals surface area contributed by atoms with Crippen LogP contribution in [-0.4, -0.2) is 4.21 Å². The van der Waals surface area contributed by atoms with Gasteiger partial charge < -0.3 is 0 Å². The molecule has 0 bridgehead atoms. The van der Waals surface area contributed by atoms with Crippen LogP contribution in [0.4, 0.5) is 0 Å². The molecule has 1 unspecified atom stereocenters. The number of allylic oxidation sites excluding steroid dienone is 8. The van der Waals surface area contributed by atoms with Crippen molar-refractivity contribution >= 4 is 21.9 Å². The van der Waals surface area contributed by atoms with Crippen LogP contribution in [0.15, 0.2) is 103 Å². The van der Waals surface area contributed by atoms with Crippen LogP contribution in [0.5, 0.6) is 0 Å². The van der Waals surface area contributed by atoms with Crippen molar-refractivity contribution in [3.05, 3.63) is 148 Å². The molecule has 4 aliphatic carbocycles. The third kappa shape index (κ3) is 5.19. The van der Waals surface area contributed by atoms with Gasteiger partial charge in [-0.2, -0.15) is 0 Å². The molecule has 0 fully saturated rings. The van der Waals surface area contributed by atoms with E-state index in [1.807, 2.05) is 0 Å². The Bertz CT molecular complexity index is 2390. The number of hydrogen-bond acceptors (Lipinski definition) is 0. The first kappa shape index (κ1) is 37.5. The predicted molar refractivity (Wildman–Crippen MR) is 234 cm³/mol. The van der Waals surface area contributed by atoms with Gasteiger partial charge in [0, 0.05) is 0 Å². The Morgan fingerprint density at radius 3 is 1.80 bits per heavy atom. The summed E-state index contributed by atoms with van der Waals surface area (Å²) in [6.45, 7) is 28.6. The van der Waals surface area contributed by atoms with Crippen molar-refractivity contribution in [2.75, 3.05) is 0 Å². The zero-order chi connectivity index (χ0) is 38.8. The Morgan fingerprint density at radius 2 is 1.26 bits per heavy atom. The van der Waals surface area contributed by atoms with E-state index in [4.69, 9.17) is 4.21 Å². The van der Waals surface area contributed by atoms with E-state index in [-0.39, 0.29) is 16.2 Å². The fourth-order valence-electron chi connectivity index (χ4n) is 11.6. The van der Waals surface area contributed by atoms with Crippen LogP contribution in [-0.2, 0) is 35.5 Å². The third-order valence-corrected chi connectivity index (χ3v) is 31.8. The van der Waals surface area contributed by atoms with Crippen molar-refractivity contribution in [2.45, 2.75) is 120 Å². The van der Waals surface area contributed by atoms with Gasteiger partial charge in [0.05, 0.1) is 0 Å². The van der Waals surface area contributed by atoms with Gasteiger partial charge in [-0.25, -0.2) is 0 Å². The summed E-state index contributed by atoms with van der Waals surface area (Å²) in [5.41, 5.74) is 18.5. The topological polar surface area (TPSA) is 0 Å². The van der Waals surface area contributed by atoms with E-state index in [1.165, 1.54) is 98.2 Å². The van der Waals surface area contributed by atoms with Gasteiger partial charge in [-0.1, -0.05) is 0 Å². The van der Waals surface area contributed by atoms with E-state index in [9.17, 15) is 0 Å². The van der Waals surface area contributed by atoms with Gasteiger partial charge in [-0.3, -0.25) is 0 Å². The molecule has 0 aliphatic heterocycles. The van der Waals surface area contributed by atoms with Crippen molar-refractivity contribution in [1.29, 1.82) is 0 Å². The Kier molecular flexibility index (Phi) is 8.54. The molecule has 0 nitrogen and oxygen atoms in total. The SMILES string of the molecule is [CH2]=[Zr]([C]1=CC(C(C)(C)C)=CC1CCCC)([C]1=C(C)c2cc3c(cc2C1(C)C)Cc1cc2c(cc1-3)C(C)=CC2(C)C)([c]1ccc(C)cc1)[c]1ccc(C)cc1. The second-order valence-corrected chi connectivity index (χ2v) is 32.5. The average Bonchev–Trinajstić information content (AvgIpc) is 3.81. The maximum atomic E-state index is 5.99. The number of rotatable bonds is 7. The van der Waals surface area contributed by atoms with E-state index in [2.05, 4.69) is 174 Å². The Morgan fingerprint density at radius 1 is 0.722 bits per heavy atom. The second kappa shape index (κ2) is 12.3. The molecule has 0 N–H and O–H groups in total. The molecule has 278 valence electrons. The van der Waals surface area contributed by atoms with Crippen LogP contribution in [0, 0.1) is 25.2 Å². The molecule has 0 saturated heterocycles. The molecule has 0 spiro atoms. The summed E-state index contributed by atoms with van der Waals surface area (Å²) < 4.78 is 12.2. The minimum atomic E-state index is -5.05. The second-order valence-electron chi connectivity index (χ2n) is 19.9. The summed E-state index contributed by atoms with van der Waals surface area (Å²) in [5.74, 6) is 0.365. The van der Waals surface area contributed by atoms with Gasteiger partial charge in [-0.05, 0) is 0 Å². The maximum absolute atomic E-state index is 5.99. The number of aryl methyl sites for hydroxylation is 2. The third-order valence-electron chi connectivity index (χ3n) is 14.3. The summed E-state index contributed by atoms with van der Waals surface area (Å²) >= 11 is -5.05. The first-order valence-electron chi connectivity index (χ1n) is 20.7. The van der Waals surface area contributed by atoms with Crippen molar-refractivity contribution < 1.29 is 18.3 Å². The van der Waals surface area contributed by atoms with Crippen LogP contribution in [0.25, 0.3) is 22.3 Å². The fourth-order valence-corrected chi connectivity index (χ4v) is 30.5. The molecule has 0 radical (unpaired) electrons. The van der Waals surface area contributed by atoms with Crippen molar-refractivity contribution in [3.63, 3.8) is 0 Å². The zero-order valence-corrected chi connectivity index (χ0v) is 37.7. The first-order valence-corrected chi connectivity index (χ1v) is 27.3. The Balaban J connectivity index is 1.46. The summed E-state index contributed by atoms with van der Waals surface area (Å²) in [6.07, 6.45) is 12.4. The van der Waals surface area contributed by atoms with E-state index in [0.29, 0.717) is 5.92 Å². The molecule has 8 rings (SSSR count). The van der Waals surface area contributed by atoms with Crippen molar-refractivity contribution in [1.82, 2.24) is 0 Å². The first-order chi connectivity index (χ1) is 25.3. The van der Waals surface area contributed by atoms with Crippen LogP contribution < -0.4 is 6.54 Å². The molecule has 0 heterocycles. The van der Waals surface area contributed by atoms with Gasteiger partial charge in [-0.15, -0.1) is 0 Å². The minimum absolute atomic E-state index is 0.0510. The van der Waals surface area contributed by atoms with E-state index >= 15 is 0 Å². The summed E-state index contributed by atoms with van der Waals surface area (Å²) in [4.78, 5) is 0. The standard InChI is InChI=1S/C25H25.C13H21.2C7H7.CH2.Zr/c1-14-12-24(3,4)22-8-16-7-17-9-23-19(15(2)13-25(23,5)6)11-21(17)20(16)10-18(14)22;1-5-6-7-11-8-9-12(10-11)13(2,3)4;2*1-7-5-3-2-4-6-7;;/h8-12H,7H2,1-6H3;9-11H,5-7H2,1-4H3;2*3-6H,1H3;1H2;. The van der Waals surface area contributed by atoms with E-state index in [0.717, 1.165) is 6.42 Å².